The highest BCUT2D eigenvalue weighted by Gasteiger charge is 2.30. The first-order chi connectivity index (χ1) is 14.5. The molecule has 8 heteroatoms. The van der Waals surface area contributed by atoms with Crippen LogP contribution in [0.25, 0.3) is 16.9 Å². The minimum absolute atomic E-state index is 0.283. The zero-order chi connectivity index (χ0) is 21.4. The van der Waals surface area contributed by atoms with Crippen LogP contribution >= 0.6 is 27.5 Å². The van der Waals surface area contributed by atoms with Crippen molar-refractivity contribution in [2.45, 2.75) is 19.8 Å². The number of methoxy groups -OCH3 is 2. The summed E-state index contributed by atoms with van der Waals surface area (Å²) in [6.07, 6.45) is 1.43. The van der Waals surface area contributed by atoms with E-state index in [0.717, 1.165) is 39.0 Å². The van der Waals surface area contributed by atoms with Crippen molar-refractivity contribution in [3.05, 3.63) is 56.6 Å². The van der Waals surface area contributed by atoms with Crippen LogP contribution in [0.4, 0.5) is 0 Å². The molecule has 3 aromatic rings. The Bertz CT molecular complexity index is 1140. The Labute approximate surface area is 187 Å². The lowest BCUT2D eigenvalue weighted by atomic mass is 9.88. The second kappa shape index (κ2) is 8.32. The molecule has 0 unspecified atom stereocenters. The summed E-state index contributed by atoms with van der Waals surface area (Å²) in [6.45, 7) is 2.06. The van der Waals surface area contributed by atoms with E-state index in [1.165, 1.54) is 0 Å². The third-order valence-electron chi connectivity index (χ3n) is 5.07. The highest BCUT2D eigenvalue weighted by Crippen LogP contribution is 2.42. The second-order valence-electron chi connectivity index (χ2n) is 6.80. The molecule has 0 spiro atoms. The number of fused-ring (bicyclic) bond motifs is 3. The Morgan fingerprint density at radius 3 is 2.67 bits per heavy atom. The van der Waals surface area contributed by atoms with Gasteiger partial charge in [0.25, 0.3) is 0 Å². The van der Waals surface area contributed by atoms with Crippen molar-refractivity contribution in [2.75, 3.05) is 20.8 Å². The zero-order valence-electron chi connectivity index (χ0n) is 16.8. The van der Waals surface area contributed by atoms with Crippen LogP contribution in [0.2, 0.25) is 5.02 Å². The van der Waals surface area contributed by atoms with E-state index in [-0.39, 0.29) is 6.61 Å². The van der Waals surface area contributed by atoms with Gasteiger partial charge in [0.15, 0.2) is 5.69 Å². The van der Waals surface area contributed by atoms with Crippen molar-refractivity contribution in [2.24, 2.45) is 0 Å². The number of aryl methyl sites for hydroxylation is 1. The van der Waals surface area contributed by atoms with Gasteiger partial charge in [-0.05, 0) is 65.5 Å². The molecule has 0 bridgehead atoms. The first kappa shape index (κ1) is 20.8. The lowest BCUT2D eigenvalue weighted by Gasteiger charge is -2.20. The summed E-state index contributed by atoms with van der Waals surface area (Å²) in [7, 11) is 3.22. The maximum Gasteiger partial charge on any atom is 0.359 e. The third-order valence-corrected chi connectivity index (χ3v) is 5.90. The van der Waals surface area contributed by atoms with Crippen LogP contribution in [0.1, 0.15) is 28.5 Å². The van der Waals surface area contributed by atoms with Gasteiger partial charge in [-0.15, -0.1) is 0 Å². The number of carbonyl (C=O) groups is 1. The number of benzene rings is 2. The summed E-state index contributed by atoms with van der Waals surface area (Å²) in [5, 5.41) is 5.16. The zero-order valence-corrected chi connectivity index (χ0v) is 19.1. The third kappa shape index (κ3) is 3.56. The first-order valence-electron chi connectivity index (χ1n) is 9.47. The van der Waals surface area contributed by atoms with Gasteiger partial charge in [-0.25, -0.2) is 9.48 Å². The van der Waals surface area contributed by atoms with Crippen molar-refractivity contribution < 1.29 is 19.0 Å². The summed E-state index contributed by atoms with van der Waals surface area (Å²) >= 11 is 9.89. The number of nitrogens with zero attached hydrogens (tertiary/aromatic N) is 2. The number of halogens is 2. The van der Waals surface area contributed by atoms with E-state index >= 15 is 0 Å². The molecule has 0 saturated carbocycles. The Balaban J connectivity index is 1.99. The number of aromatic nitrogens is 2. The van der Waals surface area contributed by atoms with E-state index in [0.29, 0.717) is 28.6 Å². The molecule has 6 nitrogen and oxygen atoms in total. The van der Waals surface area contributed by atoms with Crippen molar-refractivity contribution in [3.8, 4) is 28.4 Å². The van der Waals surface area contributed by atoms with Crippen LogP contribution < -0.4 is 9.47 Å². The Hall–Kier alpha value is -2.51. The summed E-state index contributed by atoms with van der Waals surface area (Å²) in [5.41, 5.74) is 4.82. The number of ether oxygens (including phenoxy) is 3. The van der Waals surface area contributed by atoms with Crippen LogP contribution in [0.5, 0.6) is 11.5 Å². The molecule has 0 atom stereocenters. The molecule has 0 amide bonds. The summed E-state index contributed by atoms with van der Waals surface area (Å²) in [4.78, 5) is 12.7. The average molecular weight is 492 g/mol. The van der Waals surface area contributed by atoms with E-state index < -0.39 is 5.97 Å². The van der Waals surface area contributed by atoms with Crippen molar-refractivity contribution in [3.63, 3.8) is 0 Å². The van der Waals surface area contributed by atoms with Gasteiger partial charge in [-0.3, -0.25) is 0 Å². The fraction of sp³-hybridized carbons (Fsp3) is 0.273. The molecule has 0 radical (unpaired) electrons. The van der Waals surface area contributed by atoms with E-state index in [9.17, 15) is 4.79 Å². The Kier molecular flexibility index (Phi) is 5.75. The molecule has 4 rings (SSSR count). The molecule has 0 saturated heterocycles. The molecule has 1 heterocycles. The summed E-state index contributed by atoms with van der Waals surface area (Å²) in [6, 6.07) is 9.37. The van der Waals surface area contributed by atoms with Gasteiger partial charge < -0.3 is 14.2 Å². The van der Waals surface area contributed by atoms with Crippen LogP contribution in [0, 0.1) is 0 Å². The average Bonchev–Trinajstić information content (AvgIpc) is 3.13. The van der Waals surface area contributed by atoms with Gasteiger partial charge >= 0.3 is 5.97 Å². The van der Waals surface area contributed by atoms with Gasteiger partial charge in [-0.2, -0.15) is 5.10 Å². The Morgan fingerprint density at radius 1 is 1.17 bits per heavy atom. The standard InChI is InChI=1S/C22H20BrClN2O4/c1-4-30-22(27)20-16-6-5-12-7-19(29-3)18(23)11-17(12)21(16)26(25-20)14-8-13(24)9-15(10-14)28-2/h7-11H,4-6H2,1-3H3. The van der Waals surface area contributed by atoms with E-state index in [1.54, 1.807) is 38.0 Å². The normalized spacial score (nSPS) is 12.2. The topological polar surface area (TPSA) is 62.6 Å². The van der Waals surface area contributed by atoms with E-state index in [1.807, 2.05) is 18.2 Å². The molecule has 2 aromatic carbocycles. The second-order valence-corrected chi connectivity index (χ2v) is 8.09. The van der Waals surface area contributed by atoms with Gasteiger partial charge in [0.05, 0.1) is 36.7 Å². The van der Waals surface area contributed by atoms with Crippen LogP contribution in [-0.2, 0) is 17.6 Å². The van der Waals surface area contributed by atoms with Gasteiger partial charge in [0.1, 0.15) is 11.5 Å². The minimum Gasteiger partial charge on any atom is -0.497 e. The van der Waals surface area contributed by atoms with Crippen LogP contribution in [0.3, 0.4) is 0 Å². The maximum atomic E-state index is 12.7. The molecule has 30 heavy (non-hydrogen) atoms. The van der Waals surface area contributed by atoms with Gasteiger partial charge in [0, 0.05) is 22.2 Å². The monoisotopic (exact) mass is 490 g/mol. The molecule has 1 aliphatic rings. The molecule has 156 valence electrons. The van der Waals surface area contributed by atoms with Crippen molar-refractivity contribution in [1.29, 1.82) is 0 Å². The Morgan fingerprint density at radius 2 is 1.97 bits per heavy atom. The predicted octanol–water partition coefficient (Wildman–Crippen LogP) is 5.25. The molecule has 0 fully saturated rings. The number of esters is 1. The largest absolute Gasteiger partial charge is 0.497 e. The molecule has 0 aliphatic heterocycles. The summed E-state index contributed by atoms with van der Waals surface area (Å²) in [5.74, 6) is 0.933. The molecule has 0 N–H and O–H groups in total. The van der Waals surface area contributed by atoms with Crippen molar-refractivity contribution >= 4 is 33.5 Å². The lowest BCUT2D eigenvalue weighted by Crippen LogP contribution is -2.11. The predicted molar refractivity (Wildman–Crippen MR) is 118 cm³/mol. The lowest BCUT2D eigenvalue weighted by molar-refractivity contribution is 0.0517. The van der Waals surface area contributed by atoms with Gasteiger partial charge in [0.2, 0.25) is 0 Å². The maximum absolute atomic E-state index is 12.7. The van der Waals surface area contributed by atoms with Crippen molar-refractivity contribution in [1.82, 2.24) is 9.78 Å². The molecule has 1 aliphatic carbocycles. The van der Waals surface area contributed by atoms with Crippen LogP contribution in [0.15, 0.2) is 34.8 Å². The van der Waals surface area contributed by atoms with Crippen LogP contribution in [-0.4, -0.2) is 36.6 Å². The number of hydrogen-bond acceptors (Lipinski definition) is 5. The van der Waals surface area contributed by atoms with Gasteiger partial charge in [-0.1, -0.05) is 11.6 Å². The number of rotatable bonds is 5. The fourth-order valence-electron chi connectivity index (χ4n) is 3.74. The number of hydrogen-bond donors (Lipinski definition) is 0. The smallest absolute Gasteiger partial charge is 0.359 e. The van der Waals surface area contributed by atoms with E-state index in [4.69, 9.17) is 25.8 Å². The molecular weight excluding hydrogens is 472 g/mol. The SMILES string of the molecule is CCOC(=O)c1nn(-c2cc(Cl)cc(OC)c2)c2c1CCc1cc(OC)c(Br)cc1-2. The minimum atomic E-state index is -0.433. The molecular formula is C22H20BrClN2O4. The summed E-state index contributed by atoms with van der Waals surface area (Å²) < 4.78 is 18.7. The number of carbonyl (C=O) groups excluding carboxylic acids is 1. The van der Waals surface area contributed by atoms with E-state index in [2.05, 4.69) is 21.0 Å². The highest BCUT2D eigenvalue weighted by atomic mass is 79.9. The quantitative estimate of drug-likeness (QED) is 0.456. The highest BCUT2D eigenvalue weighted by molar-refractivity contribution is 9.10. The molecule has 1 aromatic heterocycles. The fourth-order valence-corrected chi connectivity index (χ4v) is 4.47. The first-order valence-corrected chi connectivity index (χ1v) is 10.6.